The normalized spacial score (nSPS) is 16.6. The van der Waals surface area contributed by atoms with Gasteiger partial charge in [-0.3, -0.25) is 14.7 Å². The molecule has 1 saturated heterocycles. The van der Waals surface area contributed by atoms with E-state index in [1.54, 1.807) is 14.2 Å². The number of aromatic nitrogens is 1. The largest absolute Gasteiger partial charge is 0.493 e. The van der Waals surface area contributed by atoms with Crippen molar-refractivity contribution >= 4 is 21.9 Å². The van der Waals surface area contributed by atoms with Gasteiger partial charge in [-0.25, -0.2) is 0 Å². The van der Waals surface area contributed by atoms with E-state index in [2.05, 4.69) is 25.8 Å². The van der Waals surface area contributed by atoms with E-state index in [4.69, 9.17) is 9.47 Å². The molecule has 150 valence electrons. The maximum absolute atomic E-state index is 11.3. The Morgan fingerprint density at radius 1 is 1.21 bits per heavy atom. The lowest BCUT2D eigenvalue weighted by Gasteiger charge is -2.37. The van der Waals surface area contributed by atoms with E-state index in [9.17, 15) is 9.90 Å². The predicted octanol–water partition coefficient (Wildman–Crippen LogP) is 4.06. The van der Waals surface area contributed by atoms with E-state index >= 15 is 0 Å². The minimum absolute atomic E-state index is 0.107. The van der Waals surface area contributed by atoms with Gasteiger partial charge < -0.3 is 14.6 Å². The fourth-order valence-electron chi connectivity index (χ4n) is 3.67. The summed E-state index contributed by atoms with van der Waals surface area (Å²) >= 11 is 3.68. The average Bonchev–Trinajstić information content (AvgIpc) is 2.70. The molecule has 2 aromatic rings. The molecule has 1 aliphatic heterocycles. The number of hydrogen-bond donors (Lipinski definition) is 1. The van der Waals surface area contributed by atoms with Crippen molar-refractivity contribution in [3.05, 3.63) is 51.8 Å². The minimum atomic E-state index is -0.711. The van der Waals surface area contributed by atoms with Crippen LogP contribution in [0.4, 0.5) is 0 Å². The molecule has 0 amide bonds. The molecule has 1 fully saturated rings. The lowest BCUT2D eigenvalue weighted by molar-refractivity contribution is -0.143. The van der Waals surface area contributed by atoms with E-state index in [1.807, 2.05) is 37.4 Å². The number of likely N-dealkylation sites (tertiary alicyclic amines) is 1. The van der Waals surface area contributed by atoms with Crippen LogP contribution >= 0.6 is 15.9 Å². The summed E-state index contributed by atoms with van der Waals surface area (Å²) in [5.41, 5.74) is 3.04. The van der Waals surface area contributed by atoms with Crippen LogP contribution in [0.2, 0.25) is 0 Å². The van der Waals surface area contributed by atoms with Crippen molar-refractivity contribution in [2.24, 2.45) is 5.92 Å². The van der Waals surface area contributed by atoms with Crippen LogP contribution in [-0.2, 0) is 4.79 Å². The molecule has 6 nitrogen and oxygen atoms in total. The summed E-state index contributed by atoms with van der Waals surface area (Å²) in [7, 11) is 3.23. The van der Waals surface area contributed by atoms with Gasteiger partial charge in [0.1, 0.15) is 0 Å². The highest BCUT2D eigenvalue weighted by Crippen LogP contribution is 2.41. The first-order valence-electron chi connectivity index (χ1n) is 9.25. The molecule has 0 spiro atoms. The van der Waals surface area contributed by atoms with E-state index in [0.717, 1.165) is 21.3 Å². The minimum Gasteiger partial charge on any atom is -0.493 e. The lowest BCUT2D eigenvalue weighted by Crippen LogP contribution is -2.39. The van der Waals surface area contributed by atoms with E-state index < -0.39 is 5.97 Å². The van der Waals surface area contributed by atoms with Gasteiger partial charge in [0.15, 0.2) is 11.5 Å². The highest BCUT2D eigenvalue weighted by Gasteiger charge is 2.32. The molecule has 7 heteroatoms. The molecule has 2 heterocycles. The standard InChI is InChI=1S/C21H25BrN2O4/c1-13-4-5-17(23-12-13)20(24-8-6-14(7-9-24)21(25)26)15-10-18(27-2)19(28-3)11-16(15)22/h4-5,10-12,14,20H,6-9H2,1-3H3,(H,25,26). The molecule has 0 radical (unpaired) electrons. The summed E-state index contributed by atoms with van der Waals surface area (Å²) in [6.45, 7) is 3.40. The Hall–Kier alpha value is -2.12. The van der Waals surface area contributed by atoms with E-state index in [1.165, 1.54) is 0 Å². The number of benzene rings is 1. The highest BCUT2D eigenvalue weighted by molar-refractivity contribution is 9.10. The van der Waals surface area contributed by atoms with Gasteiger partial charge in [0.2, 0.25) is 0 Å². The third-order valence-electron chi connectivity index (χ3n) is 5.26. The summed E-state index contributed by atoms with van der Waals surface area (Å²) in [5.74, 6) is 0.310. The summed E-state index contributed by atoms with van der Waals surface area (Å²) < 4.78 is 11.8. The molecule has 1 unspecified atom stereocenters. The monoisotopic (exact) mass is 448 g/mol. The molecule has 3 rings (SSSR count). The number of piperidine rings is 1. The number of rotatable bonds is 6. The number of aliphatic carboxylic acids is 1. The quantitative estimate of drug-likeness (QED) is 0.718. The van der Waals surface area contributed by atoms with Crippen LogP contribution in [-0.4, -0.2) is 48.3 Å². The van der Waals surface area contributed by atoms with E-state index in [0.29, 0.717) is 37.4 Å². The Kier molecular flexibility index (Phi) is 6.57. The van der Waals surface area contributed by atoms with Gasteiger partial charge in [-0.1, -0.05) is 22.0 Å². The number of methoxy groups -OCH3 is 2. The highest BCUT2D eigenvalue weighted by atomic mass is 79.9. The summed E-state index contributed by atoms with van der Waals surface area (Å²) in [4.78, 5) is 18.3. The van der Waals surface area contributed by atoms with Crippen LogP contribution in [0.25, 0.3) is 0 Å². The summed E-state index contributed by atoms with van der Waals surface area (Å²) in [6.07, 6.45) is 3.12. The van der Waals surface area contributed by atoms with Crippen molar-refractivity contribution in [3.63, 3.8) is 0 Å². The Labute approximate surface area is 173 Å². The van der Waals surface area contributed by atoms with Crippen LogP contribution in [0.5, 0.6) is 11.5 Å². The number of nitrogens with zero attached hydrogens (tertiary/aromatic N) is 2. The second-order valence-electron chi connectivity index (χ2n) is 7.04. The van der Waals surface area contributed by atoms with Crippen molar-refractivity contribution < 1.29 is 19.4 Å². The molecule has 1 N–H and O–H groups in total. The van der Waals surface area contributed by atoms with Crippen LogP contribution < -0.4 is 9.47 Å². The second kappa shape index (κ2) is 8.92. The third kappa shape index (κ3) is 4.31. The van der Waals surface area contributed by atoms with Crippen molar-refractivity contribution in [2.45, 2.75) is 25.8 Å². The van der Waals surface area contributed by atoms with Crippen molar-refractivity contribution in [2.75, 3.05) is 27.3 Å². The number of aryl methyl sites for hydroxylation is 1. The molecule has 1 atom stereocenters. The molecular formula is C21H25BrN2O4. The van der Waals surface area contributed by atoms with Crippen LogP contribution in [0, 0.1) is 12.8 Å². The van der Waals surface area contributed by atoms with Crippen LogP contribution in [0.1, 0.15) is 35.7 Å². The van der Waals surface area contributed by atoms with Crippen molar-refractivity contribution in [3.8, 4) is 11.5 Å². The molecule has 28 heavy (non-hydrogen) atoms. The second-order valence-corrected chi connectivity index (χ2v) is 7.89. The molecule has 0 bridgehead atoms. The molecule has 1 aromatic carbocycles. The predicted molar refractivity (Wildman–Crippen MR) is 110 cm³/mol. The number of carboxylic acids is 1. The van der Waals surface area contributed by atoms with Crippen LogP contribution in [0.3, 0.4) is 0 Å². The average molecular weight is 449 g/mol. The fraction of sp³-hybridized carbons (Fsp3) is 0.429. The molecule has 1 aromatic heterocycles. The Morgan fingerprint density at radius 3 is 2.39 bits per heavy atom. The number of pyridine rings is 1. The first kappa shape index (κ1) is 20.6. The van der Waals surface area contributed by atoms with Gasteiger partial charge in [-0.05, 0) is 62.2 Å². The van der Waals surface area contributed by atoms with Gasteiger partial charge >= 0.3 is 5.97 Å². The number of halogens is 1. The molecule has 0 aliphatic carbocycles. The zero-order valence-corrected chi connectivity index (χ0v) is 17.9. The van der Waals surface area contributed by atoms with Crippen molar-refractivity contribution in [1.82, 2.24) is 9.88 Å². The lowest BCUT2D eigenvalue weighted by atomic mass is 9.92. The fourth-order valence-corrected chi connectivity index (χ4v) is 4.21. The van der Waals surface area contributed by atoms with Gasteiger partial charge in [0.05, 0.1) is 31.9 Å². The van der Waals surface area contributed by atoms with Gasteiger partial charge in [-0.15, -0.1) is 0 Å². The van der Waals surface area contributed by atoms with Crippen LogP contribution in [0.15, 0.2) is 34.9 Å². The van der Waals surface area contributed by atoms with Crippen molar-refractivity contribution in [1.29, 1.82) is 0 Å². The van der Waals surface area contributed by atoms with Gasteiger partial charge in [0.25, 0.3) is 0 Å². The third-order valence-corrected chi connectivity index (χ3v) is 5.94. The topological polar surface area (TPSA) is 71.9 Å². The molecular weight excluding hydrogens is 424 g/mol. The number of ether oxygens (including phenoxy) is 2. The first-order valence-corrected chi connectivity index (χ1v) is 10.0. The number of carboxylic acid groups (broad SMARTS) is 1. The molecule has 1 aliphatic rings. The SMILES string of the molecule is COc1cc(Br)c(C(c2ccc(C)cn2)N2CCC(C(=O)O)CC2)cc1OC. The summed E-state index contributed by atoms with van der Waals surface area (Å²) in [5, 5.41) is 9.33. The smallest absolute Gasteiger partial charge is 0.306 e. The van der Waals surface area contributed by atoms with Gasteiger partial charge in [-0.2, -0.15) is 0 Å². The number of hydrogen-bond acceptors (Lipinski definition) is 5. The zero-order valence-electron chi connectivity index (χ0n) is 16.3. The Morgan fingerprint density at radius 2 is 1.86 bits per heavy atom. The number of carbonyl (C=O) groups is 1. The Balaban J connectivity index is 2.02. The maximum Gasteiger partial charge on any atom is 0.306 e. The first-order chi connectivity index (χ1) is 13.4. The van der Waals surface area contributed by atoms with Gasteiger partial charge in [0, 0.05) is 10.7 Å². The maximum atomic E-state index is 11.3. The molecule has 0 saturated carbocycles. The van der Waals surface area contributed by atoms with E-state index in [-0.39, 0.29) is 12.0 Å². The summed E-state index contributed by atoms with van der Waals surface area (Å²) in [6, 6.07) is 7.85. The zero-order chi connectivity index (χ0) is 20.3. The Bertz CT molecular complexity index is 833.